The van der Waals surface area contributed by atoms with Crippen LogP contribution in [0.2, 0.25) is 0 Å². The number of carbonyl (C=O) groups is 2. The molecular weight excluding hydrogens is 313 g/mol. The zero-order chi connectivity index (χ0) is 17.3. The normalized spacial score (nSPS) is 17.2. The SMILES string of the molecule is COc1cc(C2CC(=O)N(c3ccc(F)cc3)C2)ccc1C(=O)O. The van der Waals surface area contributed by atoms with E-state index >= 15 is 0 Å². The van der Waals surface area contributed by atoms with Crippen LogP contribution in [0.1, 0.15) is 28.3 Å². The number of anilines is 1. The minimum absolute atomic E-state index is 0.0483. The van der Waals surface area contributed by atoms with Crippen LogP contribution in [0.25, 0.3) is 0 Å². The second kappa shape index (κ2) is 6.31. The monoisotopic (exact) mass is 329 g/mol. The van der Waals surface area contributed by atoms with Crippen LogP contribution in [0.3, 0.4) is 0 Å². The summed E-state index contributed by atoms with van der Waals surface area (Å²) in [6.45, 7) is 0.458. The lowest BCUT2D eigenvalue weighted by Gasteiger charge is -2.17. The van der Waals surface area contributed by atoms with Crippen LogP contribution >= 0.6 is 0 Å². The van der Waals surface area contributed by atoms with Crippen molar-refractivity contribution >= 4 is 17.6 Å². The Hall–Kier alpha value is -2.89. The fourth-order valence-corrected chi connectivity index (χ4v) is 2.94. The van der Waals surface area contributed by atoms with Gasteiger partial charge in [-0.25, -0.2) is 9.18 Å². The molecule has 1 aliphatic heterocycles. The van der Waals surface area contributed by atoms with Gasteiger partial charge in [0.2, 0.25) is 5.91 Å². The highest BCUT2D eigenvalue weighted by atomic mass is 19.1. The first-order valence-electron chi connectivity index (χ1n) is 7.46. The van der Waals surface area contributed by atoms with E-state index in [1.807, 2.05) is 0 Å². The molecule has 1 atom stereocenters. The second-order valence-electron chi connectivity index (χ2n) is 5.65. The number of ether oxygens (including phenoxy) is 1. The first kappa shape index (κ1) is 16.0. The van der Waals surface area contributed by atoms with Gasteiger partial charge in [0.25, 0.3) is 0 Å². The van der Waals surface area contributed by atoms with E-state index in [1.165, 1.54) is 25.3 Å². The summed E-state index contributed by atoms with van der Waals surface area (Å²) >= 11 is 0. The zero-order valence-electron chi connectivity index (χ0n) is 13.0. The molecular formula is C18H16FNO4. The molecule has 0 spiro atoms. The van der Waals surface area contributed by atoms with Crippen LogP contribution in [-0.4, -0.2) is 30.6 Å². The number of amides is 1. The highest BCUT2D eigenvalue weighted by Gasteiger charge is 2.32. The van der Waals surface area contributed by atoms with Gasteiger partial charge < -0.3 is 14.7 Å². The molecule has 2 aromatic carbocycles. The van der Waals surface area contributed by atoms with Crippen LogP contribution in [0, 0.1) is 5.82 Å². The number of hydrogen-bond donors (Lipinski definition) is 1. The van der Waals surface area contributed by atoms with Crippen molar-refractivity contribution in [2.45, 2.75) is 12.3 Å². The lowest BCUT2D eigenvalue weighted by atomic mass is 9.96. The van der Waals surface area contributed by atoms with E-state index in [-0.39, 0.29) is 29.0 Å². The maximum absolute atomic E-state index is 13.0. The lowest BCUT2D eigenvalue weighted by molar-refractivity contribution is -0.117. The summed E-state index contributed by atoms with van der Waals surface area (Å²) in [5, 5.41) is 9.14. The van der Waals surface area contributed by atoms with Gasteiger partial charge in [-0.15, -0.1) is 0 Å². The Balaban J connectivity index is 1.85. The largest absolute Gasteiger partial charge is 0.496 e. The summed E-state index contributed by atoms with van der Waals surface area (Å²) in [6.07, 6.45) is 0.312. The molecule has 2 aromatic rings. The molecule has 0 bridgehead atoms. The van der Waals surface area contributed by atoms with Crippen LogP contribution in [0.4, 0.5) is 10.1 Å². The van der Waals surface area contributed by atoms with Crippen molar-refractivity contribution in [3.05, 3.63) is 59.4 Å². The molecule has 24 heavy (non-hydrogen) atoms. The highest BCUT2D eigenvalue weighted by molar-refractivity contribution is 5.96. The van der Waals surface area contributed by atoms with Gasteiger partial charge in [0.05, 0.1) is 7.11 Å². The third-order valence-corrected chi connectivity index (χ3v) is 4.19. The number of methoxy groups -OCH3 is 1. The summed E-state index contributed by atoms with van der Waals surface area (Å²) in [4.78, 5) is 25.0. The topological polar surface area (TPSA) is 66.8 Å². The van der Waals surface area contributed by atoms with Crippen molar-refractivity contribution in [3.8, 4) is 5.75 Å². The van der Waals surface area contributed by atoms with Gasteiger partial charge in [-0.2, -0.15) is 0 Å². The van der Waals surface area contributed by atoms with E-state index in [0.29, 0.717) is 18.7 Å². The molecule has 1 unspecified atom stereocenters. The van der Waals surface area contributed by atoms with Gasteiger partial charge in [-0.3, -0.25) is 4.79 Å². The van der Waals surface area contributed by atoms with Gasteiger partial charge in [0.15, 0.2) is 0 Å². The molecule has 5 nitrogen and oxygen atoms in total. The molecule has 1 heterocycles. The third-order valence-electron chi connectivity index (χ3n) is 4.19. The fourth-order valence-electron chi connectivity index (χ4n) is 2.94. The molecule has 1 fully saturated rings. The Morgan fingerprint density at radius 2 is 1.96 bits per heavy atom. The summed E-state index contributed by atoms with van der Waals surface area (Å²) in [5.74, 6) is -1.26. The summed E-state index contributed by atoms with van der Waals surface area (Å²) in [7, 11) is 1.41. The maximum atomic E-state index is 13.0. The van der Waals surface area contributed by atoms with Crippen molar-refractivity contribution in [1.82, 2.24) is 0 Å². The molecule has 3 rings (SSSR count). The molecule has 6 heteroatoms. The number of halogens is 1. The molecule has 1 saturated heterocycles. The second-order valence-corrected chi connectivity index (χ2v) is 5.65. The van der Waals surface area contributed by atoms with E-state index in [0.717, 1.165) is 5.56 Å². The minimum atomic E-state index is -1.06. The Morgan fingerprint density at radius 1 is 1.25 bits per heavy atom. The first-order chi connectivity index (χ1) is 11.5. The van der Waals surface area contributed by atoms with Crippen molar-refractivity contribution in [2.24, 2.45) is 0 Å². The molecule has 0 aromatic heterocycles. The Kier molecular flexibility index (Phi) is 4.20. The molecule has 0 radical (unpaired) electrons. The molecule has 1 N–H and O–H groups in total. The standard InChI is InChI=1S/C18H16FNO4/c1-24-16-8-11(2-7-15(16)18(22)23)12-9-17(21)20(10-12)14-5-3-13(19)4-6-14/h2-8,12H,9-10H2,1H3,(H,22,23). The fraction of sp³-hybridized carbons (Fsp3) is 0.222. The van der Waals surface area contributed by atoms with Crippen molar-refractivity contribution in [3.63, 3.8) is 0 Å². The number of hydrogen-bond acceptors (Lipinski definition) is 3. The number of carboxylic acids is 1. The quantitative estimate of drug-likeness (QED) is 0.936. The average molecular weight is 329 g/mol. The van der Waals surface area contributed by atoms with Crippen LogP contribution < -0.4 is 9.64 Å². The zero-order valence-corrected chi connectivity index (χ0v) is 13.0. The summed E-state index contributed by atoms with van der Waals surface area (Å²) in [5.41, 5.74) is 1.58. The molecule has 1 amide bonds. The van der Waals surface area contributed by atoms with Gasteiger partial charge in [-0.05, 0) is 42.0 Å². The number of aromatic carboxylic acids is 1. The van der Waals surface area contributed by atoms with Crippen molar-refractivity contribution in [1.29, 1.82) is 0 Å². The number of carbonyl (C=O) groups excluding carboxylic acids is 1. The van der Waals surface area contributed by atoms with E-state index < -0.39 is 5.97 Å². The van der Waals surface area contributed by atoms with Crippen molar-refractivity contribution < 1.29 is 23.8 Å². The average Bonchev–Trinajstić information content (AvgIpc) is 2.96. The van der Waals surface area contributed by atoms with Crippen LogP contribution in [-0.2, 0) is 4.79 Å². The molecule has 1 aliphatic rings. The Morgan fingerprint density at radius 3 is 2.58 bits per heavy atom. The maximum Gasteiger partial charge on any atom is 0.339 e. The van der Waals surface area contributed by atoms with E-state index in [4.69, 9.17) is 9.84 Å². The van der Waals surface area contributed by atoms with E-state index in [9.17, 15) is 14.0 Å². The minimum Gasteiger partial charge on any atom is -0.496 e. The summed E-state index contributed by atoms with van der Waals surface area (Å²) in [6, 6.07) is 10.6. The highest BCUT2D eigenvalue weighted by Crippen LogP contribution is 2.34. The predicted molar refractivity (Wildman–Crippen MR) is 86.1 cm³/mol. The number of rotatable bonds is 4. The number of carboxylic acid groups (broad SMARTS) is 1. The first-order valence-corrected chi connectivity index (χ1v) is 7.46. The number of nitrogens with zero attached hydrogens (tertiary/aromatic N) is 1. The van der Waals surface area contributed by atoms with Gasteiger partial charge in [-0.1, -0.05) is 6.07 Å². The van der Waals surface area contributed by atoms with Crippen molar-refractivity contribution in [2.75, 3.05) is 18.6 Å². The lowest BCUT2D eigenvalue weighted by Crippen LogP contribution is -2.24. The van der Waals surface area contributed by atoms with Gasteiger partial charge in [0, 0.05) is 24.6 Å². The molecule has 124 valence electrons. The van der Waals surface area contributed by atoms with E-state index in [2.05, 4.69) is 0 Å². The number of benzene rings is 2. The molecule has 0 aliphatic carbocycles. The van der Waals surface area contributed by atoms with Gasteiger partial charge >= 0.3 is 5.97 Å². The summed E-state index contributed by atoms with van der Waals surface area (Å²) < 4.78 is 18.2. The van der Waals surface area contributed by atoms with Crippen LogP contribution in [0.15, 0.2) is 42.5 Å². The van der Waals surface area contributed by atoms with E-state index in [1.54, 1.807) is 29.2 Å². The Labute approximate surface area is 138 Å². The Bertz CT molecular complexity index is 788. The van der Waals surface area contributed by atoms with Gasteiger partial charge in [0.1, 0.15) is 17.1 Å². The predicted octanol–water partition coefficient (Wildman–Crippen LogP) is 3.05. The smallest absolute Gasteiger partial charge is 0.339 e. The molecule has 0 saturated carbocycles. The van der Waals surface area contributed by atoms with Crippen LogP contribution in [0.5, 0.6) is 5.75 Å². The third kappa shape index (κ3) is 2.95.